The highest BCUT2D eigenvalue weighted by atomic mass is 31.1. The Morgan fingerprint density at radius 1 is 0.552 bits per heavy atom. The molecule has 0 saturated heterocycles. The highest BCUT2D eigenvalue weighted by molar-refractivity contribution is 7.79. The molecule has 2 nitrogen and oxygen atoms in total. The van der Waals surface area contributed by atoms with Crippen LogP contribution in [-0.2, 0) is 0 Å². The van der Waals surface area contributed by atoms with Gasteiger partial charge in [0.2, 0.25) is 0 Å². The molecule has 2 N–H and O–H groups in total. The van der Waals surface area contributed by atoms with Crippen LogP contribution in [0.4, 0.5) is 0 Å². The maximum atomic E-state index is 8.70. The number of hydrogen-bond donors (Lipinski definition) is 2. The van der Waals surface area contributed by atoms with Crippen LogP contribution in [-0.4, -0.2) is 17.2 Å². The van der Waals surface area contributed by atoms with Crippen molar-refractivity contribution < 1.29 is 10.0 Å². The highest BCUT2D eigenvalue weighted by Gasteiger charge is 2.15. The lowest BCUT2D eigenvalue weighted by Gasteiger charge is -2.18. The fourth-order valence-electron chi connectivity index (χ4n) is 3.01. The molecule has 0 aromatic heterocycles. The average molecular weight is 398 g/mol. The smallest absolute Gasteiger partial charge is 0.423 e. The van der Waals surface area contributed by atoms with Crippen molar-refractivity contribution in [3.63, 3.8) is 0 Å². The third-order valence-corrected chi connectivity index (χ3v) is 6.83. The van der Waals surface area contributed by atoms with E-state index in [4.69, 9.17) is 10.0 Å². The summed E-state index contributed by atoms with van der Waals surface area (Å²) in [6.45, 7) is 1.91. The molecule has 4 aromatic rings. The molecule has 0 saturated carbocycles. The van der Waals surface area contributed by atoms with Gasteiger partial charge in [-0.25, -0.2) is 0 Å². The van der Waals surface area contributed by atoms with Crippen molar-refractivity contribution in [2.45, 2.75) is 6.92 Å². The first kappa shape index (κ1) is 21.0. The van der Waals surface area contributed by atoms with Gasteiger partial charge in [-0.1, -0.05) is 121 Å². The summed E-state index contributed by atoms with van der Waals surface area (Å²) in [5, 5.41) is 21.6. The van der Waals surface area contributed by atoms with Crippen molar-refractivity contribution in [3.05, 3.63) is 121 Å². The predicted molar refractivity (Wildman–Crippen MR) is 126 cm³/mol. The normalized spacial score (nSPS) is 10.2. The van der Waals surface area contributed by atoms with Crippen LogP contribution < -0.4 is 21.4 Å². The SMILES string of the molecule is Cc1cccc(B(O)O)c1.c1ccc(P(c2ccccc2)c2ccccc2)cc1. The van der Waals surface area contributed by atoms with E-state index in [0.717, 1.165) is 5.56 Å². The summed E-state index contributed by atoms with van der Waals surface area (Å²) in [6, 6.07) is 39.4. The molecular weight excluding hydrogens is 374 g/mol. The maximum absolute atomic E-state index is 8.70. The van der Waals surface area contributed by atoms with Crippen molar-refractivity contribution in [1.29, 1.82) is 0 Å². The Morgan fingerprint density at radius 2 is 0.966 bits per heavy atom. The lowest BCUT2D eigenvalue weighted by Crippen LogP contribution is -2.29. The Hall–Kier alpha value is -2.71. The third-order valence-electron chi connectivity index (χ3n) is 4.38. The summed E-state index contributed by atoms with van der Waals surface area (Å²) in [5.74, 6) is 0. The molecule has 0 aliphatic rings. The fraction of sp³-hybridized carbons (Fsp3) is 0.0400. The molecule has 0 atom stereocenters. The Bertz CT molecular complexity index is 899. The fourth-order valence-corrected chi connectivity index (χ4v) is 5.31. The van der Waals surface area contributed by atoms with Crippen LogP contribution in [0, 0.1) is 6.92 Å². The molecule has 0 bridgehead atoms. The molecule has 0 heterocycles. The highest BCUT2D eigenvalue weighted by Crippen LogP contribution is 2.32. The second-order valence-corrected chi connectivity index (χ2v) is 8.85. The monoisotopic (exact) mass is 398 g/mol. The first-order valence-corrected chi connectivity index (χ1v) is 10.9. The van der Waals surface area contributed by atoms with Gasteiger partial charge in [-0.3, -0.25) is 0 Å². The summed E-state index contributed by atoms with van der Waals surface area (Å²) in [4.78, 5) is 0. The molecule has 0 spiro atoms. The van der Waals surface area contributed by atoms with Crippen molar-refractivity contribution in [2.24, 2.45) is 0 Å². The largest absolute Gasteiger partial charge is 0.488 e. The van der Waals surface area contributed by atoms with Crippen molar-refractivity contribution in [1.82, 2.24) is 0 Å². The van der Waals surface area contributed by atoms with Crippen molar-refractivity contribution in [3.8, 4) is 0 Å². The molecule has 0 amide bonds. The van der Waals surface area contributed by atoms with Crippen LogP contribution in [0.5, 0.6) is 0 Å². The Morgan fingerprint density at radius 3 is 1.28 bits per heavy atom. The molecule has 0 unspecified atom stereocenters. The molecule has 4 rings (SSSR count). The summed E-state index contributed by atoms with van der Waals surface area (Å²) in [6.07, 6.45) is 0. The van der Waals surface area contributed by atoms with Gasteiger partial charge in [0.15, 0.2) is 0 Å². The minimum absolute atomic E-state index is 0.446. The molecule has 4 aromatic carbocycles. The van der Waals surface area contributed by atoms with Gasteiger partial charge < -0.3 is 10.0 Å². The van der Waals surface area contributed by atoms with Gasteiger partial charge in [0, 0.05) is 0 Å². The predicted octanol–water partition coefficient (Wildman–Crippen LogP) is 3.12. The van der Waals surface area contributed by atoms with E-state index in [2.05, 4.69) is 91.0 Å². The average Bonchev–Trinajstić information content (AvgIpc) is 2.77. The summed E-state index contributed by atoms with van der Waals surface area (Å²) in [7, 11) is -1.79. The van der Waals surface area contributed by atoms with E-state index in [1.807, 2.05) is 13.0 Å². The van der Waals surface area contributed by atoms with Gasteiger partial charge in [-0.2, -0.15) is 0 Å². The van der Waals surface area contributed by atoms with Gasteiger partial charge >= 0.3 is 7.12 Å². The van der Waals surface area contributed by atoms with Crippen molar-refractivity contribution in [2.75, 3.05) is 0 Å². The van der Waals surface area contributed by atoms with Crippen LogP contribution in [0.25, 0.3) is 0 Å². The number of aryl methyl sites for hydroxylation is 1. The minimum Gasteiger partial charge on any atom is -0.423 e. The summed E-state index contributed by atoms with van der Waals surface area (Å²) >= 11 is 0. The molecular formula is C25H24BO2P. The lowest BCUT2D eigenvalue weighted by molar-refractivity contribution is 0.425. The van der Waals surface area contributed by atoms with Gasteiger partial charge in [0.1, 0.15) is 0 Å². The summed E-state index contributed by atoms with van der Waals surface area (Å²) in [5.41, 5.74) is 1.57. The first-order valence-electron chi connectivity index (χ1n) is 9.53. The van der Waals surface area contributed by atoms with Crippen LogP contribution in [0.1, 0.15) is 5.56 Å². The Balaban J connectivity index is 0.000000204. The van der Waals surface area contributed by atoms with E-state index >= 15 is 0 Å². The maximum Gasteiger partial charge on any atom is 0.488 e. The van der Waals surface area contributed by atoms with Crippen LogP contribution in [0.3, 0.4) is 0 Å². The van der Waals surface area contributed by atoms with Gasteiger partial charge in [-0.15, -0.1) is 0 Å². The zero-order valence-electron chi connectivity index (χ0n) is 16.4. The number of benzene rings is 4. The second kappa shape index (κ2) is 10.7. The van der Waals surface area contributed by atoms with Crippen molar-refractivity contribution >= 4 is 36.4 Å². The van der Waals surface area contributed by atoms with Gasteiger partial charge in [0.05, 0.1) is 0 Å². The molecule has 0 aliphatic carbocycles. The zero-order valence-corrected chi connectivity index (χ0v) is 17.3. The van der Waals surface area contributed by atoms with E-state index in [1.54, 1.807) is 18.2 Å². The van der Waals surface area contributed by atoms with Gasteiger partial charge in [-0.05, 0) is 36.2 Å². The molecule has 0 fully saturated rings. The van der Waals surface area contributed by atoms with Gasteiger partial charge in [0.25, 0.3) is 0 Å². The second-order valence-electron chi connectivity index (χ2n) is 6.63. The van der Waals surface area contributed by atoms with E-state index < -0.39 is 15.0 Å². The van der Waals surface area contributed by atoms with Crippen LogP contribution in [0.15, 0.2) is 115 Å². The van der Waals surface area contributed by atoms with E-state index in [-0.39, 0.29) is 0 Å². The lowest BCUT2D eigenvalue weighted by atomic mass is 9.80. The minimum atomic E-state index is -1.35. The Labute approximate surface area is 174 Å². The summed E-state index contributed by atoms with van der Waals surface area (Å²) < 4.78 is 0. The van der Waals surface area contributed by atoms with Crippen LogP contribution >= 0.6 is 7.92 Å². The quantitative estimate of drug-likeness (QED) is 0.410. The topological polar surface area (TPSA) is 40.5 Å². The third kappa shape index (κ3) is 6.14. The Kier molecular flexibility index (Phi) is 7.78. The number of hydrogen-bond acceptors (Lipinski definition) is 2. The standard InChI is InChI=1S/C18H15P.C7H9BO2/c1-4-10-16(11-5-1)19(17-12-6-2-7-13-17)18-14-8-3-9-15-18;1-6-3-2-4-7(5-6)8(9)10/h1-15H;2-5,9-10H,1H3. The van der Waals surface area contributed by atoms with E-state index in [1.165, 1.54) is 15.9 Å². The molecule has 0 aliphatic heterocycles. The van der Waals surface area contributed by atoms with E-state index in [0.29, 0.717) is 5.46 Å². The first-order chi connectivity index (χ1) is 14.1. The van der Waals surface area contributed by atoms with Crippen LogP contribution in [0.2, 0.25) is 0 Å². The number of rotatable bonds is 4. The molecule has 29 heavy (non-hydrogen) atoms. The molecule has 144 valence electrons. The molecule has 4 heteroatoms. The zero-order chi connectivity index (χ0) is 20.5. The van der Waals surface area contributed by atoms with E-state index in [9.17, 15) is 0 Å². The molecule has 0 radical (unpaired) electrons.